The molecule has 2 aliphatic heterocycles. The highest BCUT2D eigenvalue weighted by Crippen LogP contribution is 2.36. The second kappa shape index (κ2) is 5.40. The number of benzene rings is 1. The van der Waals surface area contributed by atoms with Crippen LogP contribution in [0.5, 0.6) is 0 Å². The Kier molecular flexibility index (Phi) is 3.86. The average Bonchev–Trinajstić information content (AvgIpc) is 2.69. The van der Waals surface area contributed by atoms with Crippen LogP contribution in [0.4, 0.5) is 0 Å². The summed E-state index contributed by atoms with van der Waals surface area (Å²) in [5, 5.41) is 0. The Morgan fingerprint density at radius 1 is 1.05 bits per heavy atom. The first kappa shape index (κ1) is 15.0. The van der Waals surface area contributed by atoms with E-state index in [4.69, 9.17) is 18.8 Å². The third-order valence-electron chi connectivity index (χ3n) is 4.62. The first-order chi connectivity index (χ1) is 9.89. The zero-order valence-corrected chi connectivity index (χ0v) is 13.2. The Morgan fingerprint density at radius 2 is 1.76 bits per heavy atom. The monoisotopic (exact) mass is 290 g/mol. The summed E-state index contributed by atoms with van der Waals surface area (Å²) >= 11 is 0. The minimum absolute atomic E-state index is 0.00104. The molecule has 21 heavy (non-hydrogen) atoms. The second-order valence-electron chi connectivity index (χ2n) is 6.69. The fourth-order valence-corrected chi connectivity index (χ4v) is 2.57. The van der Waals surface area contributed by atoms with Gasteiger partial charge in [-0.25, -0.2) is 0 Å². The van der Waals surface area contributed by atoms with E-state index < -0.39 is 0 Å². The van der Waals surface area contributed by atoms with Crippen molar-refractivity contribution in [2.24, 2.45) is 0 Å². The molecule has 4 nitrogen and oxygen atoms in total. The van der Waals surface area contributed by atoms with Gasteiger partial charge >= 0.3 is 7.12 Å². The summed E-state index contributed by atoms with van der Waals surface area (Å²) in [6, 6.07) is 8.22. The lowest BCUT2D eigenvalue weighted by Gasteiger charge is -2.32. The van der Waals surface area contributed by atoms with Gasteiger partial charge in [0.1, 0.15) is 6.10 Å². The molecule has 0 N–H and O–H groups in total. The quantitative estimate of drug-likeness (QED) is 0.781. The van der Waals surface area contributed by atoms with Gasteiger partial charge in [0.2, 0.25) is 0 Å². The first-order valence-electron chi connectivity index (χ1n) is 7.54. The fraction of sp³-hybridized carbons (Fsp3) is 0.625. The van der Waals surface area contributed by atoms with Crippen molar-refractivity contribution >= 4 is 12.6 Å². The molecule has 2 fully saturated rings. The van der Waals surface area contributed by atoms with Gasteiger partial charge in [-0.1, -0.05) is 24.3 Å². The molecule has 2 heterocycles. The van der Waals surface area contributed by atoms with Crippen LogP contribution in [0.25, 0.3) is 0 Å². The molecule has 0 bridgehead atoms. The van der Waals surface area contributed by atoms with E-state index in [2.05, 4.69) is 39.8 Å². The van der Waals surface area contributed by atoms with E-state index in [9.17, 15) is 0 Å². The molecular formula is C16H23BO4. The summed E-state index contributed by atoms with van der Waals surface area (Å²) in [6.07, 6.45) is 0.00104. The van der Waals surface area contributed by atoms with E-state index in [-0.39, 0.29) is 24.4 Å². The van der Waals surface area contributed by atoms with Gasteiger partial charge in [0.15, 0.2) is 0 Å². The normalized spacial score (nSPS) is 27.8. The van der Waals surface area contributed by atoms with Crippen molar-refractivity contribution in [1.29, 1.82) is 0 Å². The summed E-state index contributed by atoms with van der Waals surface area (Å²) in [7, 11) is -0.334. The molecule has 0 amide bonds. The Bertz CT molecular complexity index is 493. The van der Waals surface area contributed by atoms with Crippen LogP contribution >= 0.6 is 0 Å². The van der Waals surface area contributed by atoms with Crippen molar-refractivity contribution in [3.05, 3.63) is 29.8 Å². The van der Waals surface area contributed by atoms with Crippen molar-refractivity contribution < 1.29 is 18.8 Å². The Labute approximate surface area is 126 Å². The molecule has 2 aliphatic rings. The molecule has 0 spiro atoms. The van der Waals surface area contributed by atoms with Gasteiger partial charge in [-0.15, -0.1) is 0 Å². The lowest BCUT2D eigenvalue weighted by atomic mass is 9.78. The standard InChI is InChI=1S/C16H23BO4/c1-15(2)16(3,4)21-17(20-15)13-7-5-6-12(10-13)14-11-18-8-9-19-14/h5-7,10,14H,8-9,11H2,1-4H3/t14-/m0/s1. The van der Waals surface area contributed by atoms with E-state index in [1.807, 2.05) is 12.1 Å². The van der Waals surface area contributed by atoms with Crippen LogP contribution in [0.1, 0.15) is 39.4 Å². The molecular weight excluding hydrogens is 267 g/mol. The zero-order valence-electron chi connectivity index (χ0n) is 13.2. The number of hydrogen-bond acceptors (Lipinski definition) is 4. The van der Waals surface area contributed by atoms with E-state index >= 15 is 0 Å². The summed E-state index contributed by atoms with van der Waals surface area (Å²) < 4.78 is 23.4. The summed E-state index contributed by atoms with van der Waals surface area (Å²) in [4.78, 5) is 0. The molecule has 1 atom stereocenters. The van der Waals surface area contributed by atoms with Crippen molar-refractivity contribution in [3.63, 3.8) is 0 Å². The largest absolute Gasteiger partial charge is 0.494 e. The highest BCUT2D eigenvalue weighted by molar-refractivity contribution is 6.62. The van der Waals surface area contributed by atoms with Gasteiger partial charge in [-0.2, -0.15) is 0 Å². The van der Waals surface area contributed by atoms with Crippen LogP contribution < -0.4 is 5.46 Å². The maximum absolute atomic E-state index is 6.10. The van der Waals surface area contributed by atoms with Gasteiger partial charge in [0.25, 0.3) is 0 Å². The lowest BCUT2D eigenvalue weighted by Crippen LogP contribution is -2.41. The predicted molar refractivity (Wildman–Crippen MR) is 81.7 cm³/mol. The minimum Gasteiger partial charge on any atom is -0.399 e. The van der Waals surface area contributed by atoms with E-state index in [0.29, 0.717) is 19.8 Å². The molecule has 2 saturated heterocycles. The van der Waals surface area contributed by atoms with Gasteiger partial charge in [-0.3, -0.25) is 0 Å². The van der Waals surface area contributed by atoms with E-state index in [1.54, 1.807) is 0 Å². The second-order valence-corrected chi connectivity index (χ2v) is 6.69. The molecule has 3 rings (SSSR count). The summed E-state index contributed by atoms with van der Waals surface area (Å²) in [6.45, 7) is 10.2. The topological polar surface area (TPSA) is 36.9 Å². The van der Waals surface area contributed by atoms with Gasteiger partial charge in [-0.05, 0) is 38.7 Å². The third-order valence-corrected chi connectivity index (χ3v) is 4.62. The maximum Gasteiger partial charge on any atom is 0.494 e. The van der Waals surface area contributed by atoms with Crippen molar-refractivity contribution in [2.75, 3.05) is 19.8 Å². The predicted octanol–water partition coefficient (Wildman–Crippen LogP) is 2.07. The van der Waals surface area contributed by atoms with Crippen LogP contribution in [0.2, 0.25) is 0 Å². The average molecular weight is 290 g/mol. The highest BCUT2D eigenvalue weighted by atomic mass is 16.7. The molecule has 1 aromatic carbocycles. The van der Waals surface area contributed by atoms with Crippen LogP contribution in [-0.4, -0.2) is 38.1 Å². The van der Waals surface area contributed by atoms with Gasteiger partial charge < -0.3 is 18.8 Å². The van der Waals surface area contributed by atoms with Crippen LogP contribution in [0, 0.1) is 0 Å². The number of rotatable bonds is 2. The molecule has 5 heteroatoms. The highest BCUT2D eigenvalue weighted by Gasteiger charge is 2.51. The number of ether oxygens (including phenoxy) is 2. The molecule has 0 aliphatic carbocycles. The zero-order chi connectivity index (χ0) is 15.1. The molecule has 0 radical (unpaired) electrons. The van der Waals surface area contributed by atoms with Crippen LogP contribution in [-0.2, 0) is 18.8 Å². The van der Waals surface area contributed by atoms with Crippen molar-refractivity contribution in [2.45, 2.75) is 45.0 Å². The van der Waals surface area contributed by atoms with Gasteiger partial charge in [0, 0.05) is 0 Å². The van der Waals surface area contributed by atoms with Gasteiger partial charge in [0.05, 0.1) is 31.0 Å². The smallest absolute Gasteiger partial charge is 0.399 e. The van der Waals surface area contributed by atoms with E-state index in [1.165, 1.54) is 0 Å². The van der Waals surface area contributed by atoms with Crippen LogP contribution in [0.3, 0.4) is 0 Å². The van der Waals surface area contributed by atoms with E-state index in [0.717, 1.165) is 11.0 Å². The molecule has 1 aromatic rings. The lowest BCUT2D eigenvalue weighted by molar-refractivity contribution is -0.0901. The Morgan fingerprint density at radius 3 is 2.38 bits per heavy atom. The molecule has 114 valence electrons. The molecule has 0 saturated carbocycles. The SMILES string of the molecule is CC1(C)OB(c2cccc([C@@H]3COCCO3)c2)OC1(C)C. The maximum atomic E-state index is 6.10. The van der Waals surface area contributed by atoms with Crippen molar-refractivity contribution in [1.82, 2.24) is 0 Å². The fourth-order valence-electron chi connectivity index (χ4n) is 2.57. The Hall–Kier alpha value is -0.875. The Balaban J connectivity index is 1.81. The minimum atomic E-state index is -0.334. The molecule has 0 aromatic heterocycles. The summed E-state index contributed by atoms with van der Waals surface area (Å²) in [5.41, 5.74) is 1.50. The number of hydrogen-bond donors (Lipinski definition) is 0. The molecule has 0 unspecified atom stereocenters. The van der Waals surface area contributed by atoms with Crippen molar-refractivity contribution in [3.8, 4) is 0 Å². The first-order valence-corrected chi connectivity index (χ1v) is 7.54. The van der Waals surface area contributed by atoms with Crippen LogP contribution in [0.15, 0.2) is 24.3 Å². The third kappa shape index (κ3) is 2.88. The summed E-state index contributed by atoms with van der Waals surface area (Å²) in [5.74, 6) is 0.